The molecule has 1 aromatic heterocycles. The number of fused-ring (bicyclic) bond motifs is 1. The lowest BCUT2D eigenvalue weighted by atomic mass is 10.1. The molecule has 0 bridgehead atoms. The van der Waals surface area contributed by atoms with Crippen LogP contribution in [0.2, 0.25) is 0 Å². The maximum atomic E-state index is 12.9. The molecule has 4 rings (SSSR count). The van der Waals surface area contributed by atoms with E-state index in [1.165, 1.54) is 7.11 Å². The van der Waals surface area contributed by atoms with Gasteiger partial charge in [0.25, 0.3) is 5.91 Å². The van der Waals surface area contributed by atoms with Gasteiger partial charge >= 0.3 is 0 Å². The number of carbonyl (C=O) groups is 1. The summed E-state index contributed by atoms with van der Waals surface area (Å²) >= 11 is 0. The van der Waals surface area contributed by atoms with Crippen LogP contribution in [-0.4, -0.2) is 25.1 Å². The normalized spacial score (nSPS) is 10.9. The molecule has 1 amide bonds. The van der Waals surface area contributed by atoms with Crippen LogP contribution in [0.1, 0.15) is 27.0 Å². The van der Waals surface area contributed by atoms with Crippen molar-refractivity contribution >= 4 is 22.7 Å². The molecule has 0 aliphatic heterocycles. The highest BCUT2D eigenvalue weighted by Crippen LogP contribution is 2.33. The Bertz CT molecular complexity index is 1290. The van der Waals surface area contributed by atoms with E-state index in [9.17, 15) is 4.79 Å². The highest BCUT2D eigenvalue weighted by Gasteiger charge is 2.17. The molecule has 6 heteroatoms. The van der Waals surface area contributed by atoms with Crippen molar-refractivity contribution in [1.29, 1.82) is 0 Å². The molecule has 3 aromatic carbocycles. The van der Waals surface area contributed by atoms with E-state index in [1.54, 1.807) is 25.3 Å². The number of rotatable bonds is 5. The van der Waals surface area contributed by atoms with Crippen LogP contribution in [0.15, 0.2) is 52.9 Å². The predicted molar refractivity (Wildman–Crippen MR) is 121 cm³/mol. The van der Waals surface area contributed by atoms with Crippen molar-refractivity contribution in [3.8, 4) is 23.0 Å². The Morgan fingerprint density at radius 1 is 0.968 bits per heavy atom. The van der Waals surface area contributed by atoms with Crippen LogP contribution in [0.25, 0.3) is 22.6 Å². The van der Waals surface area contributed by atoms with E-state index < -0.39 is 0 Å². The standard InChI is InChI=1S/C25H24N2O4/c1-14-11-15(2)23-20(12-14)27-25(31-23)18-7-6-8-19(16(18)3)26-24(28)17-9-10-21(29-4)22(13-17)30-5/h6-13H,1-5H3,(H,26,28). The first-order chi connectivity index (χ1) is 14.9. The lowest BCUT2D eigenvalue weighted by Crippen LogP contribution is -2.13. The van der Waals surface area contributed by atoms with Crippen molar-refractivity contribution in [2.75, 3.05) is 19.5 Å². The zero-order chi connectivity index (χ0) is 22.1. The number of hydrogen-bond donors (Lipinski definition) is 1. The largest absolute Gasteiger partial charge is 0.493 e. The Balaban J connectivity index is 1.67. The topological polar surface area (TPSA) is 73.6 Å². The number of aromatic nitrogens is 1. The van der Waals surface area contributed by atoms with Gasteiger partial charge in [0.05, 0.1) is 14.2 Å². The fraction of sp³-hybridized carbons (Fsp3) is 0.200. The number of nitrogens with zero attached hydrogens (tertiary/aromatic N) is 1. The smallest absolute Gasteiger partial charge is 0.255 e. The molecule has 1 heterocycles. The minimum absolute atomic E-state index is 0.245. The van der Waals surface area contributed by atoms with Gasteiger partial charge in [-0.2, -0.15) is 0 Å². The molecule has 158 valence electrons. The van der Waals surface area contributed by atoms with Crippen LogP contribution in [0, 0.1) is 20.8 Å². The number of amides is 1. The van der Waals surface area contributed by atoms with E-state index in [-0.39, 0.29) is 5.91 Å². The molecule has 0 aliphatic carbocycles. The molecule has 0 aliphatic rings. The van der Waals surface area contributed by atoms with E-state index in [0.717, 1.165) is 33.4 Å². The summed E-state index contributed by atoms with van der Waals surface area (Å²) in [4.78, 5) is 17.5. The Morgan fingerprint density at radius 3 is 2.48 bits per heavy atom. The van der Waals surface area contributed by atoms with Gasteiger partial charge in [-0.25, -0.2) is 4.98 Å². The first kappa shape index (κ1) is 20.5. The van der Waals surface area contributed by atoms with E-state index in [0.29, 0.717) is 28.6 Å². The molecule has 0 saturated carbocycles. The Hall–Kier alpha value is -3.80. The Morgan fingerprint density at radius 2 is 1.74 bits per heavy atom. The van der Waals surface area contributed by atoms with Crippen molar-refractivity contribution in [3.63, 3.8) is 0 Å². The van der Waals surface area contributed by atoms with Crippen molar-refractivity contribution in [2.45, 2.75) is 20.8 Å². The maximum absolute atomic E-state index is 12.9. The lowest BCUT2D eigenvalue weighted by Gasteiger charge is -2.12. The fourth-order valence-corrected chi connectivity index (χ4v) is 3.67. The molecule has 0 atom stereocenters. The minimum Gasteiger partial charge on any atom is -0.493 e. The van der Waals surface area contributed by atoms with E-state index in [4.69, 9.17) is 13.9 Å². The molecular formula is C25H24N2O4. The molecule has 0 spiro atoms. The number of methoxy groups -OCH3 is 2. The second-order valence-corrected chi connectivity index (χ2v) is 7.45. The summed E-state index contributed by atoms with van der Waals surface area (Å²) in [5, 5.41) is 2.97. The van der Waals surface area contributed by atoms with Crippen LogP contribution >= 0.6 is 0 Å². The van der Waals surface area contributed by atoms with Gasteiger partial charge in [-0.1, -0.05) is 12.1 Å². The Kier molecular flexibility index (Phi) is 5.38. The van der Waals surface area contributed by atoms with Crippen LogP contribution < -0.4 is 14.8 Å². The number of nitrogens with one attached hydrogen (secondary N) is 1. The number of hydrogen-bond acceptors (Lipinski definition) is 5. The van der Waals surface area contributed by atoms with Crippen molar-refractivity contribution < 1.29 is 18.7 Å². The number of oxazole rings is 1. The summed E-state index contributed by atoms with van der Waals surface area (Å²) < 4.78 is 16.6. The van der Waals surface area contributed by atoms with Crippen LogP contribution in [0.4, 0.5) is 5.69 Å². The van der Waals surface area contributed by atoms with E-state index in [1.807, 2.05) is 45.0 Å². The van der Waals surface area contributed by atoms with Gasteiger partial charge in [0, 0.05) is 16.8 Å². The minimum atomic E-state index is -0.245. The summed E-state index contributed by atoms with van der Waals surface area (Å²) in [6.45, 7) is 5.99. The van der Waals surface area contributed by atoms with Crippen molar-refractivity contribution in [3.05, 3.63) is 70.8 Å². The number of carbonyl (C=O) groups excluding carboxylic acids is 1. The zero-order valence-corrected chi connectivity index (χ0v) is 18.2. The van der Waals surface area contributed by atoms with E-state index >= 15 is 0 Å². The lowest BCUT2D eigenvalue weighted by molar-refractivity contribution is 0.102. The number of ether oxygens (including phenoxy) is 2. The number of anilines is 1. The van der Waals surface area contributed by atoms with Gasteiger partial charge in [0.15, 0.2) is 17.1 Å². The van der Waals surface area contributed by atoms with Gasteiger partial charge in [0.2, 0.25) is 5.89 Å². The summed E-state index contributed by atoms with van der Waals surface area (Å²) in [6, 6.07) is 14.8. The SMILES string of the molecule is COc1ccc(C(=O)Nc2cccc(-c3nc4cc(C)cc(C)c4o3)c2C)cc1OC. The average Bonchev–Trinajstić information content (AvgIpc) is 3.18. The van der Waals surface area contributed by atoms with Gasteiger partial charge in [-0.05, 0) is 73.9 Å². The summed E-state index contributed by atoms with van der Waals surface area (Å²) in [6.07, 6.45) is 0. The molecule has 0 saturated heterocycles. The maximum Gasteiger partial charge on any atom is 0.255 e. The van der Waals surface area contributed by atoms with Gasteiger partial charge < -0.3 is 19.2 Å². The van der Waals surface area contributed by atoms with E-state index in [2.05, 4.69) is 16.4 Å². The average molecular weight is 416 g/mol. The highest BCUT2D eigenvalue weighted by atomic mass is 16.5. The number of aryl methyl sites for hydroxylation is 2. The van der Waals surface area contributed by atoms with Crippen LogP contribution in [-0.2, 0) is 0 Å². The first-order valence-electron chi connectivity index (χ1n) is 9.92. The van der Waals surface area contributed by atoms with Crippen LogP contribution in [0.5, 0.6) is 11.5 Å². The summed E-state index contributed by atoms with van der Waals surface area (Å²) in [7, 11) is 3.10. The summed E-state index contributed by atoms with van der Waals surface area (Å²) in [5.41, 5.74) is 6.65. The molecular weight excluding hydrogens is 392 g/mol. The molecule has 1 N–H and O–H groups in total. The van der Waals surface area contributed by atoms with Gasteiger partial charge in [-0.15, -0.1) is 0 Å². The summed E-state index contributed by atoms with van der Waals surface area (Å²) in [5.74, 6) is 1.35. The van der Waals surface area contributed by atoms with Crippen molar-refractivity contribution in [1.82, 2.24) is 4.98 Å². The first-order valence-corrected chi connectivity index (χ1v) is 9.92. The molecule has 31 heavy (non-hydrogen) atoms. The second kappa shape index (κ2) is 8.14. The third-order valence-corrected chi connectivity index (χ3v) is 5.28. The third-order valence-electron chi connectivity index (χ3n) is 5.28. The molecule has 0 radical (unpaired) electrons. The monoisotopic (exact) mass is 416 g/mol. The predicted octanol–water partition coefficient (Wildman–Crippen LogP) is 5.69. The molecule has 6 nitrogen and oxygen atoms in total. The second-order valence-electron chi connectivity index (χ2n) is 7.45. The molecule has 0 fully saturated rings. The zero-order valence-electron chi connectivity index (χ0n) is 18.2. The molecule has 4 aromatic rings. The quantitative estimate of drug-likeness (QED) is 0.452. The van der Waals surface area contributed by atoms with Crippen molar-refractivity contribution in [2.24, 2.45) is 0 Å². The number of benzene rings is 3. The Labute approximate surface area is 180 Å². The van der Waals surface area contributed by atoms with Gasteiger partial charge in [-0.3, -0.25) is 4.79 Å². The highest BCUT2D eigenvalue weighted by molar-refractivity contribution is 6.05. The van der Waals surface area contributed by atoms with Crippen LogP contribution in [0.3, 0.4) is 0 Å². The molecule has 0 unspecified atom stereocenters. The fourth-order valence-electron chi connectivity index (χ4n) is 3.67. The third kappa shape index (κ3) is 3.84. The van der Waals surface area contributed by atoms with Gasteiger partial charge in [0.1, 0.15) is 5.52 Å².